The molecule has 5 heteroatoms. The molecule has 5 nitrogen and oxygen atoms in total. The fourth-order valence-corrected chi connectivity index (χ4v) is 2.13. The lowest BCUT2D eigenvalue weighted by atomic mass is 9.94. The van der Waals surface area contributed by atoms with Gasteiger partial charge in [-0.1, -0.05) is 13.3 Å². The van der Waals surface area contributed by atoms with E-state index in [9.17, 15) is 9.59 Å². The third kappa shape index (κ3) is 5.17. The van der Waals surface area contributed by atoms with Gasteiger partial charge >= 0.3 is 6.03 Å². The first-order valence-electron chi connectivity index (χ1n) is 6.45. The van der Waals surface area contributed by atoms with Crippen molar-refractivity contribution in [2.45, 2.75) is 33.1 Å². The largest absolute Gasteiger partial charge is 0.338 e. The zero-order valence-electron chi connectivity index (χ0n) is 10.8. The van der Waals surface area contributed by atoms with Crippen LogP contribution in [0.2, 0.25) is 0 Å². The maximum atomic E-state index is 11.5. The molecule has 1 rings (SSSR count). The summed E-state index contributed by atoms with van der Waals surface area (Å²) in [7, 11) is 0. The number of carbonyl (C=O) groups is 2. The highest BCUT2D eigenvalue weighted by molar-refractivity contribution is 5.95. The summed E-state index contributed by atoms with van der Waals surface area (Å²) in [5.74, 6) is 0.587. The van der Waals surface area contributed by atoms with Crippen molar-refractivity contribution in [1.29, 1.82) is 0 Å². The maximum Gasteiger partial charge on any atom is 0.321 e. The molecule has 0 bridgehead atoms. The van der Waals surface area contributed by atoms with Gasteiger partial charge in [0.15, 0.2) is 0 Å². The van der Waals surface area contributed by atoms with Gasteiger partial charge in [-0.05, 0) is 38.8 Å². The zero-order chi connectivity index (χ0) is 12.7. The number of amides is 3. The maximum absolute atomic E-state index is 11.5. The number of hydrogen-bond acceptors (Lipinski definition) is 3. The Morgan fingerprint density at radius 2 is 1.88 bits per heavy atom. The average molecular weight is 241 g/mol. The number of urea groups is 1. The van der Waals surface area contributed by atoms with E-state index in [1.54, 1.807) is 0 Å². The Kier molecular flexibility index (Phi) is 5.97. The van der Waals surface area contributed by atoms with Gasteiger partial charge in [-0.15, -0.1) is 0 Å². The van der Waals surface area contributed by atoms with E-state index in [0.29, 0.717) is 13.1 Å². The van der Waals surface area contributed by atoms with Crippen molar-refractivity contribution < 1.29 is 9.59 Å². The zero-order valence-corrected chi connectivity index (χ0v) is 10.8. The van der Waals surface area contributed by atoms with Crippen LogP contribution < -0.4 is 10.6 Å². The van der Waals surface area contributed by atoms with E-state index < -0.39 is 6.03 Å². The summed E-state index contributed by atoms with van der Waals surface area (Å²) < 4.78 is 0. The molecule has 98 valence electrons. The monoisotopic (exact) mass is 241 g/mol. The molecule has 0 saturated carbocycles. The highest BCUT2D eigenvalue weighted by Crippen LogP contribution is 2.19. The molecule has 3 amide bonds. The summed E-state index contributed by atoms with van der Waals surface area (Å²) >= 11 is 0. The smallest absolute Gasteiger partial charge is 0.321 e. The lowest BCUT2D eigenvalue weighted by molar-refractivity contribution is -0.121. The predicted molar refractivity (Wildman–Crippen MR) is 66.7 cm³/mol. The second-order valence-electron chi connectivity index (χ2n) is 4.54. The Morgan fingerprint density at radius 3 is 2.41 bits per heavy atom. The number of piperidine rings is 1. The van der Waals surface area contributed by atoms with Crippen LogP contribution in [0.25, 0.3) is 0 Å². The fraction of sp³-hybridized carbons (Fsp3) is 0.833. The van der Waals surface area contributed by atoms with Gasteiger partial charge in [-0.3, -0.25) is 15.0 Å². The molecule has 0 aliphatic carbocycles. The number of carbonyl (C=O) groups excluding carboxylic acids is 2. The van der Waals surface area contributed by atoms with Crippen molar-refractivity contribution in [2.24, 2.45) is 5.92 Å². The van der Waals surface area contributed by atoms with Crippen LogP contribution in [0.4, 0.5) is 4.79 Å². The highest BCUT2D eigenvalue weighted by atomic mass is 16.2. The van der Waals surface area contributed by atoms with E-state index in [1.165, 1.54) is 6.42 Å². The second kappa shape index (κ2) is 7.27. The Bertz CT molecular complexity index is 260. The SMILES string of the molecule is CCNC(=O)NC(=O)CN1CCC(CC)CC1. The van der Waals surface area contributed by atoms with Crippen LogP contribution in [0.15, 0.2) is 0 Å². The van der Waals surface area contributed by atoms with Crippen molar-refractivity contribution in [3.05, 3.63) is 0 Å². The van der Waals surface area contributed by atoms with Crippen LogP contribution in [0.5, 0.6) is 0 Å². The third-order valence-electron chi connectivity index (χ3n) is 3.24. The summed E-state index contributed by atoms with van der Waals surface area (Å²) in [4.78, 5) is 24.8. The number of rotatable bonds is 4. The molecule has 1 saturated heterocycles. The van der Waals surface area contributed by atoms with Crippen molar-refractivity contribution >= 4 is 11.9 Å². The summed E-state index contributed by atoms with van der Waals surface area (Å²) in [5, 5.41) is 4.86. The van der Waals surface area contributed by atoms with Gasteiger partial charge in [0.2, 0.25) is 5.91 Å². The number of hydrogen-bond donors (Lipinski definition) is 2. The molecule has 0 aromatic carbocycles. The van der Waals surface area contributed by atoms with E-state index in [4.69, 9.17) is 0 Å². The number of nitrogens with zero attached hydrogens (tertiary/aromatic N) is 1. The molecule has 0 unspecified atom stereocenters. The van der Waals surface area contributed by atoms with Gasteiger partial charge in [-0.25, -0.2) is 4.79 Å². The van der Waals surface area contributed by atoms with Gasteiger partial charge in [0.05, 0.1) is 6.54 Å². The Morgan fingerprint density at radius 1 is 1.24 bits per heavy atom. The standard InChI is InChI=1S/C12H23N3O2/c1-3-10-5-7-15(8-6-10)9-11(16)14-12(17)13-4-2/h10H,3-9H2,1-2H3,(H2,13,14,16,17). The first-order valence-corrected chi connectivity index (χ1v) is 6.45. The normalized spacial score (nSPS) is 17.8. The van der Waals surface area contributed by atoms with Gasteiger partial charge < -0.3 is 5.32 Å². The topological polar surface area (TPSA) is 61.4 Å². The van der Waals surface area contributed by atoms with E-state index >= 15 is 0 Å². The molecule has 0 aromatic heterocycles. The van der Waals surface area contributed by atoms with Crippen LogP contribution in [-0.2, 0) is 4.79 Å². The van der Waals surface area contributed by atoms with Crippen LogP contribution >= 0.6 is 0 Å². The van der Waals surface area contributed by atoms with Gasteiger partial charge in [-0.2, -0.15) is 0 Å². The molecule has 1 heterocycles. The number of likely N-dealkylation sites (tertiary alicyclic amines) is 1. The van der Waals surface area contributed by atoms with Gasteiger partial charge in [0, 0.05) is 6.54 Å². The average Bonchev–Trinajstić information content (AvgIpc) is 2.30. The molecule has 0 radical (unpaired) electrons. The van der Waals surface area contributed by atoms with Gasteiger partial charge in [0.25, 0.3) is 0 Å². The van der Waals surface area contributed by atoms with Crippen molar-refractivity contribution in [2.75, 3.05) is 26.2 Å². The Labute approximate surface area is 103 Å². The molecule has 0 spiro atoms. The molecule has 0 atom stereocenters. The summed E-state index contributed by atoms with van der Waals surface area (Å²) in [5.41, 5.74) is 0. The van der Waals surface area contributed by atoms with Crippen LogP contribution in [0.1, 0.15) is 33.1 Å². The highest BCUT2D eigenvalue weighted by Gasteiger charge is 2.20. The minimum absolute atomic E-state index is 0.217. The molecule has 1 fully saturated rings. The van der Waals surface area contributed by atoms with Crippen molar-refractivity contribution in [3.8, 4) is 0 Å². The lowest BCUT2D eigenvalue weighted by Gasteiger charge is -2.30. The predicted octanol–water partition coefficient (Wildman–Crippen LogP) is 0.954. The first kappa shape index (κ1) is 14.0. The molecular weight excluding hydrogens is 218 g/mol. The van der Waals surface area contributed by atoms with Gasteiger partial charge in [0.1, 0.15) is 0 Å². The molecule has 17 heavy (non-hydrogen) atoms. The van der Waals surface area contributed by atoms with Crippen molar-refractivity contribution in [1.82, 2.24) is 15.5 Å². The van der Waals surface area contributed by atoms with E-state index in [1.807, 2.05) is 6.92 Å². The summed E-state index contributed by atoms with van der Waals surface area (Å²) in [6, 6.07) is -0.402. The Balaban J connectivity index is 2.21. The molecular formula is C12H23N3O2. The lowest BCUT2D eigenvalue weighted by Crippen LogP contribution is -2.46. The minimum atomic E-state index is -0.402. The van der Waals surface area contributed by atoms with E-state index in [-0.39, 0.29) is 5.91 Å². The third-order valence-corrected chi connectivity index (χ3v) is 3.24. The second-order valence-corrected chi connectivity index (χ2v) is 4.54. The van der Waals surface area contributed by atoms with E-state index in [0.717, 1.165) is 31.8 Å². The molecule has 0 aromatic rings. The first-order chi connectivity index (χ1) is 8.15. The van der Waals surface area contributed by atoms with Crippen LogP contribution in [-0.4, -0.2) is 43.0 Å². The van der Waals surface area contributed by atoms with E-state index in [2.05, 4.69) is 22.5 Å². The Hall–Kier alpha value is -1.10. The molecule has 1 aliphatic heterocycles. The quantitative estimate of drug-likeness (QED) is 0.770. The number of imide groups is 1. The van der Waals surface area contributed by atoms with Crippen LogP contribution in [0, 0.1) is 5.92 Å². The minimum Gasteiger partial charge on any atom is -0.338 e. The summed E-state index contributed by atoms with van der Waals surface area (Å²) in [6.45, 7) is 6.80. The fourth-order valence-electron chi connectivity index (χ4n) is 2.13. The summed E-state index contributed by atoms with van der Waals surface area (Å²) in [6.07, 6.45) is 3.54. The molecule has 2 N–H and O–H groups in total. The molecule has 1 aliphatic rings. The van der Waals surface area contributed by atoms with Crippen molar-refractivity contribution in [3.63, 3.8) is 0 Å². The number of nitrogens with one attached hydrogen (secondary N) is 2. The van der Waals surface area contributed by atoms with Crippen LogP contribution in [0.3, 0.4) is 0 Å².